The van der Waals surface area contributed by atoms with Gasteiger partial charge in [0.15, 0.2) is 0 Å². The quantitative estimate of drug-likeness (QED) is 0.784. The van der Waals surface area contributed by atoms with E-state index in [-0.39, 0.29) is 0 Å². The normalized spacial score (nSPS) is 10.6. The SMILES string of the molecule is COCCn1cnnc1Cc1cccc(N)c1. The monoisotopic (exact) mass is 232 g/mol. The largest absolute Gasteiger partial charge is 0.399 e. The maximum absolute atomic E-state index is 5.74. The minimum Gasteiger partial charge on any atom is -0.399 e. The van der Waals surface area contributed by atoms with Crippen molar-refractivity contribution >= 4 is 5.69 Å². The zero-order chi connectivity index (χ0) is 12.1. The highest BCUT2D eigenvalue weighted by atomic mass is 16.5. The standard InChI is InChI=1S/C12H16N4O/c1-17-6-5-16-9-14-15-12(16)8-10-3-2-4-11(13)7-10/h2-4,7,9H,5-6,8,13H2,1H3. The van der Waals surface area contributed by atoms with Crippen molar-refractivity contribution in [1.29, 1.82) is 0 Å². The summed E-state index contributed by atoms with van der Waals surface area (Å²) < 4.78 is 7.04. The molecule has 5 heteroatoms. The molecule has 2 N–H and O–H groups in total. The summed E-state index contributed by atoms with van der Waals surface area (Å²) in [5.74, 6) is 0.924. The van der Waals surface area contributed by atoms with E-state index in [1.165, 1.54) is 0 Å². The zero-order valence-corrected chi connectivity index (χ0v) is 9.84. The van der Waals surface area contributed by atoms with Gasteiger partial charge in [0.25, 0.3) is 0 Å². The Morgan fingerprint density at radius 1 is 1.41 bits per heavy atom. The van der Waals surface area contributed by atoms with E-state index in [4.69, 9.17) is 10.5 Å². The molecule has 1 heterocycles. The molecule has 2 aromatic rings. The number of rotatable bonds is 5. The van der Waals surface area contributed by atoms with Crippen molar-refractivity contribution in [1.82, 2.24) is 14.8 Å². The van der Waals surface area contributed by atoms with Gasteiger partial charge in [-0.2, -0.15) is 0 Å². The molecule has 0 aliphatic carbocycles. The molecule has 17 heavy (non-hydrogen) atoms. The van der Waals surface area contributed by atoms with Gasteiger partial charge in [0, 0.05) is 25.8 Å². The summed E-state index contributed by atoms with van der Waals surface area (Å²) in [4.78, 5) is 0. The number of nitrogens with two attached hydrogens (primary N) is 1. The van der Waals surface area contributed by atoms with E-state index in [2.05, 4.69) is 10.2 Å². The first-order valence-corrected chi connectivity index (χ1v) is 5.49. The summed E-state index contributed by atoms with van der Waals surface area (Å²) in [6, 6.07) is 7.81. The van der Waals surface area contributed by atoms with Crippen LogP contribution in [0.1, 0.15) is 11.4 Å². The maximum atomic E-state index is 5.74. The fourth-order valence-electron chi connectivity index (χ4n) is 1.68. The lowest BCUT2D eigenvalue weighted by molar-refractivity contribution is 0.186. The third-order valence-electron chi connectivity index (χ3n) is 2.55. The molecule has 5 nitrogen and oxygen atoms in total. The van der Waals surface area contributed by atoms with E-state index < -0.39 is 0 Å². The number of ether oxygens (including phenoxy) is 1. The lowest BCUT2D eigenvalue weighted by Crippen LogP contribution is -2.08. The van der Waals surface area contributed by atoms with Gasteiger partial charge in [0.05, 0.1) is 6.61 Å². The summed E-state index contributed by atoms with van der Waals surface area (Å²) in [6.45, 7) is 1.42. The Hall–Kier alpha value is -1.88. The number of hydrogen-bond donors (Lipinski definition) is 1. The van der Waals surface area contributed by atoms with Gasteiger partial charge in [-0.3, -0.25) is 0 Å². The Kier molecular flexibility index (Phi) is 3.72. The number of benzene rings is 1. The molecule has 0 atom stereocenters. The van der Waals surface area contributed by atoms with Crippen LogP contribution in [0.2, 0.25) is 0 Å². The average Bonchev–Trinajstić information content (AvgIpc) is 2.74. The van der Waals surface area contributed by atoms with Crippen LogP contribution in [-0.4, -0.2) is 28.5 Å². The van der Waals surface area contributed by atoms with E-state index in [0.717, 1.165) is 30.0 Å². The summed E-state index contributed by atoms with van der Waals surface area (Å²) >= 11 is 0. The predicted molar refractivity (Wildman–Crippen MR) is 65.6 cm³/mol. The molecule has 2 rings (SSSR count). The molecule has 1 aromatic carbocycles. The first-order valence-electron chi connectivity index (χ1n) is 5.49. The van der Waals surface area contributed by atoms with Crippen LogP contribution >= 0.6 is 0 Å². The molecule has 0 saturated heterocycles. The highest BCUT2D eigenvalue weighted by Crippen LogP contribution is 2.10. The fraction of sp³-hybridized carbons (Fsp3) is 0.333. The maximum Gasteiger partial charge on any atom is 0.137 e. The average molecular weight is 232 g/mol. The highest BCUT2D eigenvalue weighted by molar-refractivity contribution is 5.41. The second-order valence-electron chi connectivity index (χ2n) is 3.86. The van der Waals surface area contributed by atoms with Crippen LogP contribution in [0.4, 0.5) is 5.69 Å². The molecule has 0 amide bonds. The minimum atomic E-state index is 0.655. The van der Waals surface area contributed by atoms with Gasteiger partial charge < -0.3 is 15.0 Å². The van der Waals surface area contributed by atoms with Crippen LogP contribution in [0.15, 0.2) is 30.6 Å². The summed E-state index contributed by atoms with van der Waals surface area (Å²) in [6.07, 6.45) is 2.45. The van der Waals surface area contributed by atoms with Gasteiger partial charge in [-0.15, -0.1) is 10.2 Å². The summed E-state index contributed by atoms with van der Waals surface area (Å²) in [5, 5.41) is 8.03. The number of nitrogens with zero attached hydrogens (tertiary/aromatic N) is 3. The number of hydrogen-bond acceptors (Lipinski definition) is 4. The van der Waals surface area contributed by atoms with Gasteiger partial charge in [0.1, 0.15) is 12.2 Å². The Morgan fingerprint density at radius 2 is 2.29 bits per heavy atom. The number of nitrogen functional groups attached to an aromatic ring is 1. The first kappa shape index (κ1) is 11.6. The summed E-state index contributed by atoms with van der Waals surface area (Å²) in [5.41, 5.74) is 7.65. The fourth-order valence-corrected chi connectivity index (χ4v) is 1.68. The van der Waals surface area contributed by atoms with Gasteiger partial charge in [-0.25, -0.2) is 0 Å². The second-order valence-corrected chi connectivity index (χ2v) is 3.86. The van der Waals surface area contributed by atoms with Crippen molar-refractivity contribution in [2.24, 2.45) is 0 Å². The molecule has 0 bridgehead atoms. The van der Waals surface area contributed by atoms with Crippen molar-refractivity contribution in [3.63, 3.8) is 0 Å². The third-order valence-corrected chi connectivity index (χ3v) is 2.55. The molecule has 0 spiro atoms. The third kappa shape index (κ3) is 3.04. The van der Waals surface area contributed by atoms with Crippen LogP contribution in [0.5, 0.6) is 0 Å². The van der Waals surface area contributed by atoms with Crippen molar-refractivity contribution in [3.8, 4) is 0 Å². The predicted octanol–water partition coefficient (Wildman–Crippen LogP) is 1.10. The van der Waals surface area contributed by atoms with E-state index in [0.29, 0.717) is 6.61 Å². The van der Waals surface area contributed by atoms with Crippen molar-refractivity contribution < 1.29 is 4.74 Å². The summed E-state index contributed by atoms with van der Waals surface area (Å²) in [7, 11) is 1.68. The minimum absolute atomic E-state index is 0.655. The lowest BCUT2D eigenvalue weighted by atomic mass is 10.1. The van der Waals surface area contributed by atoms with Gasteiger partial charge in [-0.1, -0.05) is 12.1 Å². The Balaban J connectivity index is 2.10. The molecule has 0 radical (unpaired) electrons. The molecule has 0 saturated carbocycles. The van der Waals surface area contributed by atoms with Gasteiger partial charge in [-0.05, 0) is 17.7 Å². The van der Waals surface area contributed by atoms with Crippen LogP contribution in [0.3, 0.4) is 0 Å². The Labute approximate surface area is 100 Å². The van der Waals surface area contributed by atoms with E-state index in [1.54, 1.807) is 13.4 Å². The van der Waals surface area contributed by atoms with Crippen molar-refractivity contribution in [2.45, 2.75) is 13.0 Å². The number of aromatic nitrogens is 3. The van der Waals surface area contributed by atoms with Crippen LogP contribution in [-0.2, 0) is 17.7 Å². The first-order chi connectivity index (χ1) is 8.29. The van der Waals surface area contributed by atoms with Gasteiger partial charge >= 0.3 is 0 Å². The molecular formula is C12H16N4O. The molecule has 0 unspecified atom stereocenters. The van der Waals surface area contributed by atoms with Crippen LogP contribution in [0, 0.1) is 0 Å². The number of methoxy groups -OCH3 is 1. The number of anilines is 1. The lowest BCUT2D eigenvalue weighted by Gasteiger charge is -2.06. The zero-order valence-electron chi connectivity index (χ0n) is 9.84. The molecule has 0 aliphatic rings. The van der Waals surface area contributed by atoms with Crippen molar-refractivity contribution in [3.05, 3.63) is 42.0 Å². The molecular weight excluding hydrogens is 216 g/mol. The topological polar surface area (TPSA) is 66.0 Å². The molecule has 0 aliphatic heterocycles. The van der Waals surface area contributed by atoms with Crippen molar-refractivity contribution in [2.75, 3.05) is 19.5 Å². The van der Waals surface area contributed by atoms with E-state index in [1.807, 2.05) is 28.8 Å². The molecule has 90 valence electrons. The Bertz CT molecular complexity index is 481. The van der Waals surface area contributed by atoms with E-state index >= 15 is 0 Å². The van der Waals surface area contributed by atoms with E-state index in [9.17, 15) is 0 Å². The smallest absolute Gasteiger partial charge is 0.137 e. The Morgan fingerprint density at radius 3 is 3.06 bits per heavy atom. The highest BCUT2D eigenvalue weighted by Gasteiger charge is 2.05. The van der Waals surface area contributed by atoms with Gasteiger partial charge in [0.2, 0.25) is 0 Å². The molecule has 1 aromatic heterocycles. The van der Waals surface area contributed by atoms with Crippen LogP contribution in [0.25, 0.3) is 0 Å². The second kappa shape index (κ2) is 5.45. The van der Waals surface area contributed by atoms with Crippen LogP contribution < -0.4 is 5.73 Å². The molecule has 0 fully saturated rings.